The van der Waals surface area contributed by atoms with Gasteiger partial charge in [0.2, 0.25) is 0 Å². The van der Waals surface area contributed by atoms with Gasteiger partial charge in [0.05, 0.1) is 12.7 Å². The highest BCUT2D eigenvalue weighted by Gasteiger charge is 2.19. The highest BCUT2D eigenvalue weighted by atomic mass is 16.5. The monoisotopic (exact) mass is 274 g/mol. The molecule has 1 aliphatic heterocycles. The maximum Gasteiger partial charge on any atom is 0.122 e. The minimum absolute atomic E-state index is 0.301. The predicted octanol–water partition coefficient (Wildman–Crippen LogP) is 4.41. The first-order valence-corrected chi connectivity index (χ1v) is 8.26. The number of aliphatic hydroxyl groups excluding tert-OH is 1. The van der Waals surface area contributed by atoms with Crippen LogP contribution in [0.5, 0.6) is 5.75 Å². The quantitative estimate of drug-likeness (QED) is 0.827. The lowest BCUT2D eigenvalue weighted by molar-refractivity contribution is 0.139. The largest absolute Gasteiger partial charge is 0.493 e. The van der Waals surface area contributed by atoms with Gasteiger partial charge in [-0.05, 0) is 48.4 Å². The molecule has 2 aliphatic rings. The van der Waals surface area contributed by atoms with E-state index in [1.54, 1.807) is 0 Å². The Morgan fingerprint density at radius 3 is 2.70 bits per heavy atom. The van der Waals surface area contributed by atoms with Crippen LogP contribution in [0.25, 0.3) is 0 Å². The van der Waals surface area contributed by atoms with E-state index in [4.69, 9.17) is 4.74 Å². The molecule has 1 aromatic carbocycles. The first-order valence-electron chi connectivity index (χ1n) is 8.26. The fraction of sp³-hybridized carbons (Fsp3) is 0.667. The number of hydrogen-bond acceptors (Lipinski definition) is 2. The van der Waals surface area contributed by atoms with Crippen molar-refractivity contribution in [2.45, 2.75) is 63.9 Å². The van der Waals surface area contributed by atoms with E-state index in [1.807, 2.05) is 12.1 Å². The molecule has 1 saturated carbocycles. The fourth-order valence-electron chi connectivity index (χ4n) is 3.64. The summed E-state index contributed by atoms with van der Waals surface area (Å²) in [6.07, 6.45) is 10.8. The summed E-state index contributed by atoms with van der Waals surface area (Å²) in [5.41, 5.74) is 2.35. The van der Waals surface area contributed by atoms with Crippen LogP contribution in [0.2, 0.25) is 0 Å². The van der Waals surface area contributed by atoms with E-state index in [-0.39, 0.29) is 6.10 Å². The summed E-state index contributed by atoms with van der Waals surface area (Å²) in [7, 11) is 0. The van der Waals surface area contributed by atoms with E-state index in [9.17, 15) is 5.11 Å². The lowest BCUT2D eigenvalue weighted by Gasteiger charge is -2.22. The summed E-state index contributed by atoms with van der Waals surface area (Å²) < 4.78 is 5.64. The van der Waals surface area contributed by atoms with Crippen molar-refractivity contribution in [1.29, 1.82) is 0 Å². The van der Waals surface area contributed by atoms with Gasteiger partial charge < -0.3 is 9.84 Å². The second-order valence-electron chi connectivity index (χ2n) is 6.43. The van der Waals surface area contributed by atoms with Gasteiger partial charge in [0.25, 0.3) is 0 Å². The van der Waals surface area contributed by atoms with E-state index < -0.39 is 0 Å². The predicted molar refractivity (Wildman–Crippen MR) is 81.0 cm³/mol. The third kappa shape index (κ3) is 3.35. The molecule has 1 N–H and O–H groups in total. The molecule has 1 unspecified atom stereocenters. The Morgan fingerprint density at radius 2 is 1.90 bits per heavy atom. The maximum atomic E-state index is 10.5. The first-order chi connectivity index (χ1) is 9.83. The average molecular weight is 274 g/mol. The number of hydrogen-bond donors (Lipinski definition) is 1. The van der Waals surface area contributed by atoms with Crippen molar-refractivity contribution in [1.82, 2.24) is 0 Å². The van der Waals surface area contributed by atoms with Crippen LogP contribution in [0.1, 0.15) is 68.6 Å². The van der Waals surface area contributed by atoms with Crippen LogP contribution in [-0.2, 0) is 6.42 Å². The average Bonchev–Trinajstić information content (AvgIpc) is 2.75. The minimum Gasteiger partial charge on any atom is -0.493 e. The second-order valence-corrected chi connectivity index (χ2v) is 6.43. The Morgan fingerprint density at radius 1 is 1.10 bits per heavy atom. The van der Waals surface area contributed by atoms with Crippen LogP contribution in [0.4, 0.5) is 0 Å². The molecule has 0 spiro atoms. The van der Waals surface area contributed by atoms with Crippen molar-refractivity contribution >= 4 is 0 Å². The van der Waals surface area contributed by atoms with Gasteiger partial charge in [0, 0.05) is 0 Å². The standard InChI is InChI=1S/C18H26O2/c19-17(12-14-6-3-1-2-4-7-14)15-9-10-18-16(13-15)8-5-11-20-18/h9-10,13-14,17,19H,1-8,11-12H2. The molecule has 0 radical (unpaired) electrons. The first kappa shape index (κ1) is 13.9. The minimum atomic E-state index is -0.301. The molecule has 1 heterocycles. The number of rotatable bonds is 3. The van der Waals surface area contributed by atoms with Crippen LogP contribution < -0.4 is 4.74 Å². The molecule has 0 aromatic heterocycles. The highest BCUT2D eigenvalue weighted by Crippen LogP contribution is 2.33. The summed E-state index contributed by atoms with van der Waals surface area (Å²) in [5.74, 6) is 1.72. The number of aryl methyl sites for hydroxylation is 1. The van der Waals surface area contributed by atoms with Crippen LogP contribution >= 0.6 is 0 Å². The van der Waals surface area contributed by atoms with Crippen molar-refractivity contribution in [3.8, 4) is 5.75 Å². The van der Waals surface area contributed by atoms with E-state index in [0.717, 1.165) is 37.2 Å². The smallest absolute Gasteiger partial charge is 0.122 e. The lowest BCUT2D eigenvalue weighted by Crippen LogP contribution is -2.11. The molecule has 20 heavy (non-hydrogen) atoms. The van der Waals surface area contributed by atoms with E-state index in [2.05, 4.69) is 6.07 Å². The number of fused-ring (bicyclic) bond motifs is 1. The zero-order valence-electron chi connectivity index (χ0n) is 12.3. The van der Waals surface area contributed by atoms with Crippen molar-refractivity contribution < 1.29 is 9.84 Å². The molecular formula is C18H26O2. The second kappa shape index (κ2) is 6.62. The van der Waals surface area contributed by atoms with Crippen molar-refractivity contribution in [2.75, 3.05) is 6.61 Å². The molecule has 0 saturated heterocycles. The zero-order chi connectivity index (χ0) is 13.8. The van der Waals surface area contributed by atoms with Gasteiger partial charge in [-0.3, -0.25) is 0 Å². The molecular weight excluding hydrogens is 248 g/mol. The van der Waals surface area contributed by atoms with Gasteiger partial charge in [-0.15, -0.1) is 0 Å². The summed E-state index contributed by atoms with van der Waals surface area (Å²) in [6, 6.07) is 6.25. The molecule has 2 heteroatoms. The topological polar surface area (TPSA) is 29.5 Å². The van der Waals surface area contributed by atoms with Gasteiger partial charge in [0.1, 0.15) is 5.75 Å². The third-order valence-corrected chi connectivity index (χ3v) is 4.85. The fourth-order valence-corrected chi connectivity index (χ4v) is 3.64. The maximum absolute atomic E-state index is 10.5. The number of benzene rings is 1. The molecule has 110 valence electrons. The zero-order valence-corrected chi connectivity index (χ0v) is 12.3. The number of aliphatic hydroxyl groups is 1. The molecule has 1 aromatic rings. The summed E-state index contributed by atoms with van der Waals surface area (Å²) >= 11 is 0. The Kier molecular flexibility index (Phi) is 4.62. The Bertz CT molecular complexity index is 433. The third-order valence-electron chi connectivity index (χ3n) is 4.85. The molecule has 2 nitrogen and oxygen atoms in total. The van der Waals surface area contributed by atoms with Crippen LogP contribution in [-0.4, -0.2) is 11.7 Å². The van der Waals surface area contributed by atoms with Crippen molar-refractivity contribution in [2.24, 2.45) is 5.92 Å². The van der Waals surface area contributed by atoms with Crippen molar-refractivity contribution in [3.63, 3.8) is 0 Å². The Labute approximate surface area is 122 Å². The van der Waals surface area contributed by atoms with Gasteiger partial charge in [-0.1, -0.05) is 44.6 Å². The summed E-state index contributed by atoms with van der Waals surface area (Å²) in [6.45, 7) is 0.830. The van der Waals surface area contributed by atoms with E-state index in [0.29, 0.717) is 5.92 Å². The van der Waals surface area contributed by atoms with Crippen LogP contribution in [0, 0.1) is 5.92 Å². The SMILES string of the molecule is OC(CC1CCCCCC1)c1ccc2c(c1)CCCO2. The Hall–Kier alpha value is -1.02. The van der Waals surface area contributed by atoms with Crippen LogP contribution in [0.3, 0.4) is 0 Å². The molecule has 1 atom stereocenters. The van der Waals surface area contributed by atoms with Crippen LogP contribution in [0.15, 0.2) is 18.2 Å². The Balaban J connectivity index is 1.65. The summed E-state index contributed by atoms with van der Waals surface area (Å²) in [5, 5.41) is 10.5. The molecule has 3 rings (SSSR count). The lowest BCUT2D eigenvalue weighted by atomic mass is 9.90. The molecule has 0 amide bonds. The van der Waals surface area contributed by atoms with Gasteiger partial charge >= 0.3 is 0 Å². The van der Waals surface area contributed by atoms with Gasteiger partial charge in [-0.25, -0.2) is 0 Å². The normalized spacial score (nSPS) is 21.6. The van der Waals surface area contributed by atoms with Crippen molar-refractivity contribution in [3.05, 3.63) is 29.3 Å². The highest BCUT2D eigenvalue weighted by molar-refractivity contribution is 5.39. The van der Waals surface area contributed by atoms with E-state index >= 15 is 0 Å². The summed E-state index contributed by atoms with van der Waals surface area (Å²) in [4.78, 5) is 0. The molecule has 1 fully saturated rings. The number of ether oxygens (including phenoxy) is 1. The molecule has 0 bridgehead atoms. The van der Waals surface area contributed by atoms with E-state index in [1.165, 1.54) is 44.1 Å². The van der Waals surface area contributed by atoms with Gasteiger partial charge in [-0.2, -0.15) is 0 Å². The van der Waals surface area contributed by atoms with Gasteiger partial charge in [0.15, 0.2) is 0 Å². The molecule has 1 aliphatic carbocycles.